The van der Waals surface area contributed by atoms with Crippen LogP contribution in [0.25, 0.3) is 0 Å². The third kappa shape index (κ3) is 4.22. The van der Waals surface area contributed by atoms with Gasteiger partial charge in [-0.1, -0.05) is 30.3 Å². The van der Waals surface area contributed by atoms with E-state index in [1.54, 1.807) is 0 Å². The molecule has 6 nitrogen and oxygen atoms in total. The van der Waals surface area contributed by atoms with Gasteiger partial charge in [-0.15, -0.1) is 0 Å². The van der Waals surface area contributed by atoms with Gasteiger partial charge in [0.25, 0.3) is 5.56 Å². The molecule has 0 spiro atoms. The quantitative estimate of drug-likeness (QED) is 0.702. The summed E-state index contributed by atoms with van der Waals surface area (Å²) >= 11 is 0. The van der Waals surface area contributed by atoms with E-state index in [0.717, 1.165) is 18.4 Å². The first-order chi connectivity index (χ1) is 15.4. The van der Waals surface area contributed by atoms with Crippen LogP contribution in [0.5, 0.6) is 0 Å². The van der Waals surface area contributed by atoms with Crippen molar-refractivity contribution in [3.63, 3.8) is 0 Å². The average molecular weight is 448 g/mol. The van der Waals surface area contributed by atoms with Crippen LogP contribution in [0.2, 0.25) is 0 Å². The van der Waals surface area contributed by atoms with Gasteiger partial charge in [-0.25, -0.2) is 0 Å². The molecule has 0 aliphatic carbocycles. The monoisotopic (exact) mass is 448 g/mol. The number of morpholine rings is 1. The van der Waals surface area contributed by atoms with Crippen LogP contribution in [0.4, 0.5) is 24.9 Å². The number of hydrogen-bond donors (Lipinski definition) is 0. The first-order valence-electron chi connectivity index (χ1n) is 11.3. The van der Waals surface area contributed by atoms with E-state index < -0.39 is 12.2 Å². The summed E-state index contributed by atoms with van der Waals surface area (Å²) in [5.74, 6) is 0.588. The van der Waals surface area contributed by atoms with E-state index in [2.05, 4.69) is 4.98 Å². The van der Waals surface area contributed by atoms with Gasteiger partial charge in [-0.05, 0) is 37.7 Å². The zero-order valence-corrected chi connectivity index (χ0v) is 17.8. The number of aryl methyl sites for hydroxylation is 1. The molecule has 5 rings (SSSR count). The number of ether oxygens (including phenoxy) is 1. The van der Waals surface area contributed by atoms with Gasteiger partial charge in [-0.3, -0.25) is 9.36 Å². The molecular weight excluding hydrogens is 421 g/mol. The van der Waals surface area contributed by atoms with Gasteiger partial charge in [0.1, 0.15) is 11.9 Å². The number of nitrogens with zero attached hydrogens (tertiary/aromatic N) is 4. The van der Waals surface area contributed by atoms with Gasteiger partial charge in [0, 0.05) is 32.2 Å². The van der Waals surface area contributed by atoms with Crippen molar-refractivity contribution in [2.24, 2.45) is 0 Å². The Labute approximate surface area is 184 Å². The molecule has 3 unspecified atom stereocenters. The van der Waals surface area contributed by atoms with E-state index in [-0.39, 0.29) is 43.2 Å². The summed E-state index contributed by atoms with van der Waals surface area (Å²) in [6.07, 6.45) is -1.20. The zero-order valence-electron chi connectivity index (χ0n) is 17.8. The van der Waals surface area contributed by atoms with Gasteiger partial charge in [0.05, 0.1) is 12.2 Å². The predicted octanol–water partition coefficient (Wildman–Crippen LogP) is 3.38. The van der Waals surface area contributed by atoms with E-state index in [0.29, 0.717) is 31.7 Å². The molecule has 3 aliphatic heterocycles. The summed E-state index contributed by atoms with van der Waals surface area (Å²) in [6, 6.07) is 9.53. The normalized spacial score (nSPS) is 25.2. The van der Waals surface area contributed by atoms with Gasteiger partial charge in [0.15, 0.2) is 0 Å². The standard InChI is InChI=1S/C23H27F3N4O2/c24-23(25,26)19-10-12-30-21(31)13-20(28-14-17-8-9-18(15-28)32-17)27-22(30)29(19)11-4-7-16-5-2-1-3-6-16/h1-3,5-6,13,17-19H,4,7-12,14-15H2. The van der Waals surface area contributed by atoms with Crippen molar-refractivity contribution >= 4 is 11.8 Å². The number of aromatic nitrogens is 2. The molecule has 172 valence electrons. The number of rotatable bonds is 5. The molecule has 0 amide bonds. The highest BCUT2D eigenvalue weighted by Crippen LogP contribution is 2.35. The lowest BCUT2D eigenvalue weighted by Gasteiger charge is -2.40. The molecule has 9 heteroatoms. The Balaban J connectivity index is 1.43. The fourth-order valence-corrected chi connectivity index (χ4v) is 5.12. The number of benzene rings is 1. The van der Waals surface area contributed by atoms with E-state index in [1.165, 1.54) is 15.5 Å². The molecular formula is C23H27F3N4O2. The Hall–Kier alpha value is -2.55. The molecule has 2 aromatic rings. The van der Waals surface area contributed by atoms with Crippen LogP contribution in [0.3, 0.4) is 0 Å². The zero-order chi connectivity index (χ0) is 22.3. The van der Waals surface area contributed by atoms with Gasteiger partial charge < -0.3 is 14.5 Å². The molecule has 2 fully saturated rings. The van der Waals surface area contributed by atoms with Crippen LogP contribution in [0, 0.1) is 0 Å². The Morgan fingerprint density at radius 1 is 1.06 bits per heavy atom. The second kappa shape index (κ2) is 8.42. The van der Waals surface area contributed by atoms with Gasteiger partial charge >= 0.3 is 6.18 Å². The highest BCUT2D eigenvalue weighted by Gasteiger charge is 2.47. The molecule has 1 aromatic heterocycles. The maximum Gasteiger partial charge on any atom is 0.408 e. The predicted molar refractivity (Wildman–Crippen MR) is 115 cm³/mol. The Morgan fingerprint density at radius 3 is 2.47 bits per heavy atom. The molecule has 3 atom stereocenters. The van der Waals surface area contributed by atoms with Gasteiger partial charge in [-0.2, -0.15) is 18.2 Å². The van der Waals surface area contributed by atoms with Crippen molar-refractivity contribution in [2.45, 2.75) is 63.1 Å². The van der Waals surface area contributed by atoms with Crippen molar-refractivity contribution in [2.75, 3.05) is 29.4 Å². The number of fused-ring (bicyclic) bond motifs is 3. The first kappa shape index (κ1) is 21.3. The summed E-state index contributed by atoms with van der Waals surface area (Å²) < 4.78 is 49.0. The summed E-state index contributed by atoms with van der Waals surface area (Å²) in [5.41, 5.74) is 0.786. The number of alkyl halides is 3. The molecule has 0 saturated carbocycles. The molecule has 32 heavy (non-hydrogen) atoms. The highest BCUT2D eigenvalue weighted by molar-refractivity contribution is 5.47. The lowest BCUT2D eigenvalue weighted by molar-refractivity contribution is -0.152. The minimum Gasteiger partial charge on any atom is -0.371 e. The topological polar surface area (TPSA) is 50.6 Å². The minimum absolute atomic E-state index is 0.0230. The molecule has 4 heterocycles. The number of anilines is 2. The Bertz CT molecular complexity index is 999. The Kier molecular flexibility index (Phi) is 5.61. The maximum absolute atomic E-state index is 13.9. The molecule has 2 bridgehead atoms. The Morgan fingerprint density at radius 2 is 1.78 bits per heavy atom. The molecule has 0 radical (unpaired) electrons. The summed E-state index contributed by atoms with van der Waals surface area (Å²) in [5, 5.41) is 0. The fraction of sp³-hybridized carbons (Fsp3) is 0.565. The molecule has 2 saturated heterocycles. The molecule has 0 N–H and O–H groups in total. The largest absolute Gasteiger partial charge is 0.408 e. The third-order valence-corrected chi connectivity index (χ3v) is 6.69. The molecule has 3 aliphatic rings. The second-order valence-electron chi connectivity index (χ2n) is 8.90. The third-order valence-electron chi connectivity index (χ3n) is 6.69. The van der Waals surface area contributed by atoms with Crippen LogP contribution in [-0.2, 0) is 17.7 Å². The van der Waals surface area contributed by atoms with Crippen LogP contribution in [-0.4, -0.2) is 53.6 Å². The minimum atomic E-state index is -4.39. The van der Waals surface area contributed by atoms with Crippen molar-refractivity contribution < 1.29 is 17.9 Å². The molecule has 1 aromatic carbocycles. The summed E-state index contributed by atoms with van der Waals surface area (Å²) in [6.45, 7) is 1.44. The van der Waals surface area contributed by atoms with E-state index in [4.69, 9.17) is 4.74 Å². The van der Waals surface area contributed by atoms with Crippen molar-refractivity contribution in [1.29, 1.82) is 0 Å². The van der Waals surface area contributed by atoms with E-state index >= 15 is 0 Å². The lowest BCUT2D eigenvalue weighted by atomic mass is 10.1. The van der Waals surface area contributed by atoms with Crippen LogP contribution >= 0.6 is 0 Å². The van der Waals surface area contributed by atoms with Crippen LogP contribution in [0.1, 0.15) is 31.2 Å². The highest BCUT2D eigenvalue weighted by atomic mass is 19.4. The second-order valence-corrected chi connectivity index (χ2v) is 8.90. The summed E-state index contributed by atoms with van der Waals surface area (Å²) in [7, 11) is 0. The number of halogens is 3. The maximum atomic E-state index is 13.9. The van der Waals surface area contributed by atoms with Crippen molar-refractivity contribution in [3.8, 4) is 0 Å². The van der Waals surface area contributed by atoms with Crippen molar-refractivity contribution in [3.05, 3.63) is 52.3 Å². The fourth-order valence-electron chi connectivity index (χ4n) is 5.12. The lowest BCUT2D eigenvalue weighted by Crippen LogP contribution is -2.53. The van der Waals surface area contributed by atoms with E-state index in [1.807, 2.05) is 35.2 Å². The SMILES string of the molecule is O=c1cc(N2CC3CCC(C2)O3)nc2n1CCC(C(F)(F)F)N2CCCc1ccccc1. The smallest absolute Gasteiger partial charge is 0.371 e. The van der Waals surface area contributed by atoms with Crippen molar-refractivity contribution in [1.82, 2.24) is 9.55 Å². The van der Waals surface area contributed by atoms with Gasteiger partial charge in [0.2, 0.25) is 5.95 Å². The average Bonchev–Trinajstić information content (AvgIpc) is 3.11. The van der Waals surface area contributed by atoms with Crippen LogP contribution in [0.15, 0.2) is 41.2 Å². The number of hydrogen-bond acceptors (Lipinski definition) is 5. The van der Waals surface area contributed by atoms with Crippen LogP contribution < -0.4 is 15.4 Å². The first-order valence-corrected chi connectivity index (χ1v) is 11.3. The summed E-state index contributed by atoms with van der Waals surface area (Å²) in [4.78, 5) is 20.8. The van der Waals surface area contributed by atoms with E-state index in [9.17, 15) is 18.0 Å².